The van der Waals surface area contributed by atoms with Crippen LogP contribution in [0.3, 0.4) is 0 Å². The number of aromatic nitrogens is 2. The minimum absolute atomic E-state index is 0.163. The number of imide groups is 1. The molecule has 0 radical (unpaired) electrons. The first-order chi connectivity index (χ1) is 12.8. The monoisotopic (exact) mass is 408 g/mol. The highest BCUT2D eigenvalue weighted by molar-refractivity contribution is 8.00. The Hall–Kier alpha value is -1.87. The molecule has 0 saturated carbocycles. The third-order valence-electron chi connectivity index (χ3n) is 4.85. The number of thioether (sulfide) groups is 1. The molecule has 3 amide bonds. The minimum Gasteiger partial charge on any atom is -0.336 e. The van der Waals surface area contributed by atoms with Gasteiger partial charge in [-0.05, 0) is 31.7 Å². The van der Waals surface area contributed by atoms with E-state index in [1.54, 1.807) is 6.92 Å². The highest BCUT2D eigenvalue weighted by atomic mass is 32.2. The van der Waals surface area contributed by atoms with Gasteiger partial charge in [-0.3, -0.25) is 14.5 Å². The van der Waals surface area contributed by atoms with Gasteiger partial charge in [0.05, 0.1) is 10.6 Å². The summed E-state index contributed by atoms with van der Waals surface area (Å²) in [7, 11) is 0. The van der Waals surface area contributed by atoms with Crippen molar-refractivity contribution in [1.29, 1.82) is 0 Å². The first kappa shape index (κ1) is 19.9. The molecule has 7 nitrogen and oxygen atoms in total. The maximum absolute atomic E-state index is 12.7. The average Bonchev–Trinajstić information content (AvgIpc) is 3.17. The van der Waals surface area contributed by atoms with Crippen molar-refractivity contribution in [2.24, 2.45) is 5.92 Å². The Bertz CT molecular complexity index is 937. The fourth-order valence-electron chi connectivity index (χ4n) is 3.07. The topological polar surface area (TPSA) is 95.2 Å². The van der Waals surface area contributed by atoms with E-state index in [0.717, 1.165) is 23.3 Å². The number of rotatable bonds is 6. The lowest BCUT2D eigenvalue weighted by Crippen LogP contribution is -2.39. The minimum atomic E-state index is -0.518. The molecular formula is C18H24N4O3S2. The van der Waals surface area contributed by atoms with Crippen LogP contribution in [0, 0.1) is 12.8 Å². The largest absolute Gasteiger partial charge is 0.336 e. The Morgan fingerprint density at radius 3 is 2.74 bits per heavy atom. The third-order valence-corrected chi connectivity index (χ3v) is 6.86. The summed E-state index contributed by atoms with van der Waals surface area (Å²) in [6, 6.07) is -0.368. The van der Waals surface area contributed by atoms with Crippen LogP contribution in [-0.4, -0.2) is 45.1 Å². The van der Waals surface area contributed by atoms with Gasteiger partial charge in [-0.25, -0.2) is 9.78 Å². The van der Waals surface area contributed by atoms with Crippen LogP contribution in [-0.2, 0) is 11.2 Å². The van der Waals surface area contributed by atoms with Gasteiger partial charge in [-0.1, -0.05) is 32.0 Å². The van der Waals surface area contributed by atoms with Crippen molar-refractivity contribution in [1.82, 2.24) is 20.2 Å². The number of carbonyl (C=O) groups excluding carboxylic acids is 2. The number of carbonyl (C=O) groups is 2. The molecule has 1 fully saturated rings. The molecule has 2 atom stereocenters. The number of aryl methyl sites for hydroxylation is 1. The van der Waals surface area contributed by atoms with Crippen LogP contribution in [0.1, 0.15) is 37.6 Å². The standard InChI is InChI=1S/C18H24N4O3S2/c1-5-9(2)8-12-10(3)26-15-13(12)14(23)20-17(21-15)27-11(4)16(24)22-7-6-19-18(22)25/h9,11H,5-8H2,1-4H3,(H,19,25)(H,20,21,23)/t9-,11+/m0/s1. The summed E-state index contributed by atoms with van der Waals surface area (Å²) in [6.07, 6.45) is 1.91. The van der Waals surface area contributed by atoms with Crippen LogP contribution >= 0.6 is 23.1 Å². The third kappa shape index (κ3) is 4.03. The molecule has 1 aliphatic heterocycles. The molecule has 2 aromatic heterocycles. The Kier molecular flexibility index (Phi) is 5.90. The molecule has 0 aliphatic carbocycles. The summed E-state index contributed by atoms with van der Waals surface area (Å²) in [4.78, 5) is 47.2. The maximum Gasteiger partial charge on any atom is 0.324 e. The quantitative estimate of drug-likeness (QED) is 0.566. The van der Waals surface area contributed by atoms with Crippen molar-refractivity contribution in [2.45, 2.75) is 50.9 Å². The van der Waals surface area contributed by atoms with Crippen LogP contribution in [0.25, 0.3) is 10.2 Å². The van der Waals surface area contributed by atoms with E-state index < -0.39 is 5.25 Å². The maximum atomic E-state index is 12.7. The van der Waals surface area contributed by atoms with Crippen LogP contribution in [0.2, 0.25) is 0 Å². The number of hydrogen-bond acceptors (Lipinski definition) is 6. The average molecular weight is 409 g/mol. The Morgan fingerprint density at radius 2 is 2.11 bits per heavy atom. The molecule has 9 heteroatoms. The van der Waals surface area contributed by atoms with Gasteiger partial charge in [0.2, 0.25) is 5.91 Å². The van der Waals surface area contributed by atoms with E-state index in [1.807, 2.05) is 6.92 Å². The van der Waals surface area contributed by atoms with Crippen LogP contribution in [0.4, 0.5) is 4.79 Å². The predicted molar refractivity (Wildman–Crippen MR) is 109 cm³/mol. The number of fused-ring (bicyclic) bond motifs is 1. The molecule has 2 aromatic rings. The molecule has 3 heterocycles. The Balaban J connectivity index is 1.85. The highest BCUT2D eigenvalue weighted by Crippen LogP contribution is 2.31. The number of thiophene rings is 1. The summed E-state index contributed by atoms with van der Waals surface area (Å²) in [6.45, 7) is 8.90. The van der Waals surface area contributed by atoms with E-state index >= 15 is 0 Å². The molecule has 0 bridgehead atoms. The lowest BCUT2D eigenvalue weighted by molar-refractivity contribution is -0.126. The molecular weight excluding hydrogens is 384 g/mol. The number of nitrogens with zero attached hydrogens (tertiary/aromatic N) is 2. The number of urea groups is 1. The van der Waals surface area contributed by atoms with Crippen molar-refractivity contribution in [3.05, 3.63) is 20.8 Å². The highest BCUT2D eigenvalue weighted by Gasteiger charge is 2.30. The second-order valence-corrected chi connectivity index (χ2v) is 9.42. The number of hydrogen-bond donors (Lipinski definition) is 2. The second kappa shape index (κ2) is 8.02. The van der Waals surface area contributed by atoms with Crippen LogP contribution in [0.15, 0.2) is 9.95 Å². The number of nitrogens with one attached hydrogen (secondary N) is 2. The van der Waals surface area contributed by atoms with Gasteiger partial charge >= 0.3 is 6.03 Å². The SMILES string of the molecule is CC[C@H](C)Cc1c(C)sc2nc(S[C@H](C)C(=O)N3CCNC3=O)[nH]c(=O)c12. The van der Waals surface area contributed by atoms with Gasteiger partial charge in [0.15, 0.2) is 5.16 Å². The van der Waals surface area contributed by atoms with Crippen LogP contribution in [0.5, 0.6) is 0 Å². The van der Waals surface area contributed by atoms with Gasteiger partial charge in [-0.2, -0.15) is 0 Å². The molecule has 0 unspecified atom stereocenters. The van der Waals surface area contributed by atoms with E-state index in [0.29, 0.717) is 34.4 Å². The molecule has 1 saturated heterocycles. The van der Waals surface area contributed by atoms with Gasteiger partial charge < -0.3 is 10.3 Å². The van der Waals surface area contributed by atoms with Crippen molar-refractivity contribution >= 4 is 45.3 Å². The second-order valence-electron chi connectivity index (χ2n) is 6.89. The van der Waals surface area contributed by atoms with E-state index in [2.05, 4.69) is 29.1 Å². The summed E-state index contributed by atoms with van der Waals surface area (Å²) in [5.41, 5.74) is 0.913. The van der Waals surface area contributed by atoms with Crippen molar-refractivity contribution in [3.63, 3.8) is 0 Å². The number of amides is 3. The summed E-state index contributed by atoms with van der Waals surface area (Å²) >= 11 is 2.69. The number of aromatic amines is 1. The molecule has 3 rings (SSSR count). The normalized spacial score (nSPS) is 16.6. The number of H-pyrrole nitrogens is 1. The zero-order chi connectivity index (χ0) is 19.7. The van der Waals surface area contributed by atoms with Gasteiger partial charge in [0, 0.05) is 18.0 Å². The Morgan fingerprint density at radius 1 is 1.37 bits per heavy atom. The zero-order valence-corrected chi connectivity index (χ0v) is 17.6. The van der Waals surface area contributed by atoms with Gasteiger partial charge in [-0.15, -0.1) is 11.3 Å². The lowest BCUT2D eigenvalue weighted by Gasteiger charge is -2.16. The first-order valence-electron chi connectivity index (χ1n) is 9.10. The van der Waals surface area contributed by atoms with Crippen molar-refractivity contribution in [2.75, 3.05) is 13.1 Å². The van der Waals surface area contributed by atoms with E-state index in [4.69, 9.17) is 0 Å². The van der Waals surface area contributed by atoms with Crippen LogP contribution < -0.4 is 10.9 Å². The van der Waals surface area contributed by atoms with E-state index in [9.17, 15) is 14.4 Å². The summed E-state index contributed by atoms with van der Waals surface area (Å²) < 4.78 is 0. The lowest BCUT2D eigenvalue weighted by atomic mass is 9.98. The first-order valence-corrected chi connectivity index (χ1v) is 10.8. The van der Waals surface area contributed by atoms with Gasteiger partial charge in [0.25, 0.3) is 5.56 Å². The molecule has 2 N–H and O–H groups in total. The molecule has 0 spiro atoms. The predicted octanol–water partition coefficient (Wildman–Crippen LogP) is 2.91. The van der Waals surface area contributed by atoms with Crippen molar-refractivity contribution < 1.29 is 9.59 Å². The Labute approximate surface area is 165 Å². The fraction of sp³-hybridized carbons (Fsp3) is 0.556. The van der Waals surface area contributed by atoms with E-state index in [1.165, 1.54) is 28.0 Å². The van der Waals surface area contributed by atoms with E-state index in [-0.39, 0.29) is 17.5 Å². The molecule has 0 aromatic carbocycles. The fourth-order valence-corrected chi connectivity index (χ4v) is 5.04. The smallest absolute Gasteiger partial charge is 0.324 e. The summed E-state index contributed by atoms with van der Waals surface area (Å²) in [5.74, 6) is 0.219. The molecule has 146 valence electrons. The molecule has 1 aliphatic rings. The summed E-state index contributed by atoms with van der Waals surface area (Å²) in [5, 5.41) is 3.17. The van der Waals surface area contributed by atoms with Gasteiger partial charge in [0.1, 0.15) is 4.83 Å². The zero-order valence-electron chi connectivity index (χ0n) is 15.9. The molecule has 27 heavy (non-hydrogen) atoms. The van der Waals surface area contributed by atoms with Crippen molar-refractivity contribution in [3.8, 4) is 0 Å².